The number of ether oxygens (including phenoxy) is 1. The third-order valence-electron chi connectivity index (χ3n) is 4.46. The van der Waals surface area contributed by atoms with Crippen LogP contribution in [-0.4, -0.2) is 50.2 Å². The maximum atomic E-state index is 12.5. The quantitative estimate of drug-likeness (QED) is 0.847. The summed E-state index contributed by atoms with van der Waals surface area (Å²) in [6, 6.07) is 16.0. The van der Waals surface area contributed by atoms with Crippen LogP contribution in [0.2, 0.25) is 0 Å². The number of anilines is 2. The van der Waals surface area contributed by atoms with E-state index in [1.54, 1.807) is 41.3 Å². The minimum absolute atomic E-state index is 0.203. The molecule has 2 amide bonds. The van der Waals surface area contributed by atoms with Gasteiger partial charge in [0.15, 0.2) is 0 Å². The summed E-state index contributed by atoms with van der Waals surface area (Å²) in [5.74, 6) is -0.372. The van der Waals surface area contributed by atoms with Crippen molar-refractivity contribution in [1.29, 1.82) is 5.26 Å². The first kappa shape index (κ1) is 18.3. The number of methoxy groups -OCH3 is 1. The van der Waals surface area contributed by atoms with E-state index in [0.29, 0.717) is 43.0 Å². The van der Waals surface area contributed by atoms with Gasteiger partial charge in [0.25, 0.3) is 0 Å². The number of nitrogens with one attached hydrogen (secondary N) is 1. The normalized spacial score (nSPS) is 13.6. The van der Waals surface area contributed by atoms with Gasteiger partial charge in [-0.25, -0.2) is 9.59 Å². The Morgan fingerprint density at radius 1 is 1.07 bits per heavy atom. The van der Waals surface area contributed by atoms with Crippen molar-refractivity contribution in [1.82, 2.24) is 4.90 Å². The number of hydrogen-bond donors (Lipinski definition) is 1. The largest absolute Gasteiger partial charge is 0.465 e. The van der Waals surface area contributed by atoms with Crippen LogP contribution in [-0.2, 0) is 4.74 Å². The van der Waals surface area contributed by atoms with E-state index in [1.165, 1.54) is 7.11 Å². The molecule has 7 nitrogen and oxygen atoms in total. The Morgan fingerprint density at radius 2 is 1.81 bits per heavy atom. The summed E-state index contributed by atoms with van der Waals surface area (Å²) >= 11 is 0. The highest BCUT2D eigenvalue weighted by Gasteiger charge is 2.24. The molecule has 27 heavy (non-hydrogen) atoms. The fourth-order valence-electron chi connectivity index (χ4n) is 3.05. The molecule has 2 aromatic rings. The SMILES string of the molecule is COC(=O)c1ccccc1N1CCN(C(=O)Nc2cccc(C#N)c2)CC1. The minimum Gasteiger partial charge on any atom is -0.465 e. The zero-order chi connectivity index (χ0) is 19.2. The molecule has 1 heterocycles. The first-order valence-electron chi connectivity index (χ1n) is 8.61. The Kier molecular flexibility index (Phi) is 5.57. The summed E-state index contributed by atoms with van der Waals surface area (Å²) in [6.45, 7) is 2.28. The molecule has 0 bridgehead atoms. The molecule has 0 aromatic heterocycles. The number of carbonyl (C=O) groups is 2. The first-order valence-corrected chi connectivity index (χ1v) is 8.61. The van der Waals surface area contributed by atoms with Crippen molar-refractivity contribution >= 4 is 23.4 Å². The van der Waals surface area contributed by atoms with Gasteiger partial charge in [0.1, 0.15) is 0 Å². The number of para-hydroxylation sites is 1. The third-order valence-corrected chi connectivity index (χ3v) is 4.46. The van der Waals surface area contributed by atoms with Crippen LogP contribution in [0.25, 0.3) is 0 Å². The molecule has 3 rings (SSSR count). The third kappa shape index (κ3) is 4.18. The summed E-state index contributed by atoms with van der Waals surface area (Å²) in [5.41, 5.74) is 2.42. The molecular formula is C20H20N4O3. The van der Waals surface area contributed by atoms with E-state index < -0.39 is 0 Å². The molecule has 1 aliphatic heterocycles. The van der Waals surface area contributed by atoms with Gasteiger partial charge < -0.3 is 19.9 Å². The average Bonchev–Trinajstić information content (AvgIpc) is 2.73. The Labute approximate surface area is 157 Å². The topological polar surface area (TPSA) is 85.7 Å². The number of nitriles is 1. The van der Waals surface area contributed by atoms with Gasteiger partial charge in [-0.1, -0.05) is 18.2 Å². The Bertz CT molecular complexity index is 883. The molecule has 0 radical (unpaired) electrons. The molecule has 1 aliphatic rings. The van der Waals surface area contributed by atoms with E-state index in [9.17, 15) is 9.59 Å². The number of benzene rings is 2. The molecule has 1 N–H and O–H groups in total. The van der Waals surface area contributed by atoms with Crippen LogP contribution >= 0.6 is 0 Å². The fraction of sp³-hybridized carbons (Fsp3) is 0.250. The predicted molar refractivity (Wildman–Crippen MR) is 102 cm³/mol. The second-order valence-corrected chi connectivity index (χ2v) is 6.11. The van der Waals surface area contributed by atoms with Gasteiger partial charge in [-0.3, -0.25) is 0 Å². The molecule has 0 atom stereocenters. The summed E-state index contributed by atoms with van der Waals surface area (Å²) < 4.78 is 4.85. The number of rotatable bonds is 3. The lowest BCUT2D eigenvalue weighted by Gasteiger charge is -2.36. The highest BCUT2D eigenvalue weighted by molar-refractivity contribution is 5.96. The highest BCUT2D eigenvalue weighted by atomic mass is 16.5. The van der Waals surface area contributed by atoms with E-state index in [2.05, 4.69) is 16.3 Å². The average molecular weight is 364 g/mol. The maximum Gasteiger partial charge on any atom is 0.339 e. The Balaban J connectivity index is 1.63. The fourth-order valence-corrected chi connectivity index (χ4v) is 3.05. The van der Waals surface area contributed by atoms with E-state index in [-0.39, 0.29) is 12.0 Å². The van der Waals surface area contributed by atoms with Gasteiger partial charge in [-0.2, -0.15) is 5.26 Å². The standard InChI is InChI=1S/C20H20N4O3/c1-27-19(25)17-7-2-3-8-18(17)23-9-11-24(12-10-23)20(26)22-16-6-4-5-15(13-16)14-21/h2-8,13H,9-12H2,1H3,(H,22,26). The second kappa shape index (κ2) is 8.23. The van der Waals surface area contributed by atoms with Crippen molar-refractivity contribution in [3.63, 3.8) is 0 Å². The highest BCUT2D eigenvalue weighted by Crippen LogP contribution is 2.23. The second-order valence-electron chi connectivity index (χ2n) is 6.11. The molecule has 7 heteroatoms. The summed E-state index contributed by atoms with van der Waals surface area (Å²) in [7, 11) is 1.36. The van der Waals surface area contributed by atoms with Crippen LogP contribution in [0.15, 0.2) is 48.5 Å². The summed E-state index contributed by atoms with van der Waals surface area (Å²) in [6.07, 6.45) is 0. The molecule has 1 saturated heterocycles. The summed E-state index contributed by atoms with van der Waals surface area (Å²) in [5, 5.41) is 11.8. The number of urea groups is 1. The van der Waals surface area contributed by atoms with Crippen molar-refractivity contribution < 1.29 is 14.3 Å². The number of carbonyl (C=O) groups excluding carboxylic acids is 2. The lowest BCUT2D eigenvalue weighted by molar-refractivity contribution is 0.0601. The molecule has 138 valence electrons. The van der Waals surface area contributed by atoms with E-state index in [0.717, 1.165) is 5.69 Å². The molecule has 0 saturated carbocycles. The molecule has 2 aromatic carbocycles. The van der Waals surface area contributed by atoms with Gasteiger partial charge in [-0.15, -0.1) is 0 Å². The molecule has 1 fully saturated rings. The smallest absolute Gasteiger partial charge is 0.339 e. The Morgan fingerprint density at radius 3 is 2.52 bits per heavy atom. The predicted octanol–water partition coefficient (Wildman–Crippen LogP) is 2.70. The molecule has 0 unspecified atom stereocenters. The van der Waals surface area contributed by atoms with Crippen LogP contribution in [0.4, 0.5) is 16.2 Å². The number of amides is 2. The van der Waals surface area contributed by atoms with Crippen molar-refractivity contribution in [3.05, 3.63) is 59.7 Å². The van der Waals surface area contributed by atoms with Crippen molar-refractivity contribution in [2.45, 2.75) is 0 Å². The van der Waals surface area contributed by atoms with Gasteiger partial charge in [0, 0.05) is 31.9 Å². The van der Waals surface area contributed by atoms with Crippen molar-refractivity contribution in [2.75, 3.05) is 43.5 Å². The van der Waals surface area contributed by atoms with E-state index in [1.807, 2.05) is 12.1 Å². The van der Waals surface area contributed by atoms with Crippen LogP contribution < -0.4 is 10.2 Å². The van der Waals surface area contributed by atoms with E-state index in [4.69, 9.17) is 10.00 Å². The van der Waals surface area contributed by atoms with Gasteiger partial charge in [-0.05, 0) is 30.3 Å². The van der Waals surface area contributed by atoms with Crippen LogP contribution in [0.1, 0.15) is 15.9 Å². The van der Waals surface area contributed by atoms with Gasteiger partial charge >= 0.3 is 12.0 Å². The van der Waals surface area contributed by atoms with Crippen LogP contribution in [0.5, 0.6) is 0 Å². The molecular weight excluding hydrogens is 344 g/mol. The molecule has 0 spiro atoms. The van der Waals surface area contributed by atoms with Crippen molar-refractivity contribution in [2.24, 2.45) is 0 Å². The summed E-state index contributed by atoms with van der Waals surface area (Å²) in [4.78, 5) is 28.2. The molecule has 0 aliphatic carbocycles. The van der Waals surface area contributed by atoms with Crippen LogP contribution in [0, 0.1) is 11.3 Å². The van der Waals surface area contributed by atoms with Crippen LogP contribution in [0.3, 0.4) is 0 Å². The number of esters is 1. The van der Waals surface area contributed by atoms with Gasteiger partial charge in [0.2, 0.25) is 0 Å². The Hall–Kier alpha value is -3.53. The first-order chi connectivity index (χ1) is 13.1. The minimum atomic E-state index is -0.372. The zero-order valence-corrected chi connectivity index (χ0v) is 15.0. The maximum absolute atomic E-state index is 12.5. The number of nitrogens with zero attached hydrogens (tertiary/aromatic N) is 3. The lowest BCUT2D eigenvalue weighted by atomic mass is 10.1. The van der Waals surface area contributed by atoms with Gasteiger partial charge in [0.05, 0.1) is 30.0 Å². The monoisotopic (exact) mass is 364 g/mol. The lowest BCUT2D eigenvalue weighted by Crippen LogP contribution is -2.50. The van der Waals surface area contributed by atoms with E-state index >= 15 is 0 Å². The number of piperazine rings is 1. The van der Waals surface area contributed by atoms with Crippen molar-refractivity contribution in [3.8, 4) is 6.07 Å². The number of hydrogen-bond acceptors (Lipinski definition) is 5. The zero-order valence-electron chi connectivity index (χ0n) is 15.0.